The Morgan fingerprint density at radius 1 is 0.806 bits per heavy atom. The SMILES string of the molecule is C[C@@H](Oc1ccc(-c2ccccc2)cc1)C(=O)N/N=C\c1ccc(OC(=O)c2ccccc2Br)cc1. The molecule has 0 aliphatic carbocycles. The van der Waals surface area contributed by atoms with Gasteiger partial charge in [0.2, 0.25) is 0 Å². The molecule has 1 N–H and O–H groups in total. The van der Waals surface area contributed by atoms with Crippen molar-refractivity contribution in [1.82, 2.24) is 5.43 Å². The van der Waals surface area contributed by atoms with Gasteiger partial charge in [0, 0.05) is 4.47 Å². The number of nitrogens with zero attached hydrogens (tertiary/aromatic N) is 1. The fraction of sp³-hybridized carbons (Fsp3) is 0.0690. The quantitative estimate of drug-likeness (QED) is 0.123. The lowest BCUT2D eigenvalue weighted by molar-refractivity contribution is -0.127. The first-order chi connectivity index (χ1) is 17.5. The first-order valence-corrected chi connectivity index (χ1v) is 12.0. The van der Waals surface area contributed by atoms with Crippen molar-refractivity contribution >= 4 is 34.0 Å². The molecule has 0 saturated carbocycles. The number of hydrogen-bond acceptors (Lipinski definition) is 5. The van der Waals surface area contributed by atoms with Crippen molar-refractivity contribution in [1.29, 1.82) is 0 Å². The molecule has 36 heavy (non-hydrogen) atoms. The molecule has 0 saturated heterocycles. The highest BCUT2D eigenvalue weighted by atomic mass is 79.9. The van der Waals surface area contributed by atoms with Crippen molar-refractivity contribution in [2.45, 2.75) is 13.0 Å². The topological polar surface area (TPSA) is 77.0 Å². The largest absolute Gasteiger partial charge is 0.481 e. The molecule has 6 nitrogen and oxygen atoms in total. The number of rotatable bonds is 8. The molecule has 7 heteroatoms. The van der Waals surface area contributed by atoms with Gasteiger partial charge in [-0.05, 0) is 88.1 Å². The summed E-state index contributed by atoms with van der Waals surface area (Å²) in [4.78, 5) is 24.7. The van der Waals surface area contributed by atoms with E-state index in [2.05, 4.69) is 26.5 Å². The van der Waals surface area contributed by atoms with Crippen LogP contribution in [0.2, 0.25) is 0 Å². The molecule has 1 atom stereocenters. The monoisotopic (exact) mass is 542 g/mol. The molecule has 180 valence electrons. The van der Waals surface area contributed by atoms with Crippen LogP contribution in [-0.4, -0.2) is 24.2 Å². The number of hydrogen-bond donors (Lipinski definition) is 1. The molecule has 4 rings (SSSR count). The van der Waals surface area contributed by atoms with Gasteiger partial charge >= 0.3 is 5.97 Å². The molecule has 0 aromatic heterocycles. The smallest absolute Gasteiger partial charge is 0.344 e. The number of nitrogens with one attached hydrogen (secondary N) is 1. The summed E-state index contributed by atoms with van der Waals surface area (Å²) in [5, 5.41) is 3.99. The molecule has 0 aliphatic rings. The third-order valence-electron chi connectivity index (χ3n) is 5.22. The first-order valence-electron chi connectivity index (χ1n) is 11.2. The van der Waals surface area contributed by atoms with Crippen LogP contribution in [0, 0.1) is 0 Å². The van der Waals surface area contributed by atoms with Crippen LogP contribution in [0.4, 0.5) is 0 Å². The van der Waals surface area contributed by atoms with Gasteiger partial charge < -0.3 is 9.47 Å². The summed E-state index contributed by atoms with van der Waals surface area (Å²) in [6.45, 7) is 1.66. The van der Waals surface area contributed by atoms with Crippen LogP contribution in [0.5, 0.6) is 11.5 Å². The van der Waals surface area contributed by atoms with E-state index in [1.165, 1.54) is 6.21 Å². The van der Waals surface area contributed by atoms with E-state index in [1.807, 2.05) is 60.7 Å². The minimum atomic E-state index is -0.733. The highest BCUT2D eigenvalue weighted by Gasteiger charge is 2.14. The molecule has 0 aliphatic heterocycles. The molecular formula is C29H23BrN2O4. The number of hydrazone groups is 1. The Labute approximate surface area is 217 Å². The van der Waals surface area contributed by atoms with E-state index in [-0.39, 0.29) is 5.91 Å². The number of esters is 1. The van der Waals surface area contributed by atoms with Crippen molar-refractivity contribution in [3.8, 4) is 22.6 Å². The maximum atomic E-state index is 12.4. The number of benzene rings is 4. The van der Waals surface area contributed by atoms with E-state index >= 15 is 0 Å². The van der Waals surface area contributed by atoms with Crippen LogP contribution < -0.4 is 14.9 Å². The van der Waals surface area contributed by atoms with Crippen LogP contribution in [0.15, 0.2) is 113 Å². The molecule has 0 heterocycles. The molecule has 0 unspecified atom stereocenters. The maximum Gasteiger partial charge on any atom is 0.344 e. The molecule has 0 bridgehead atoms. The summed E-state index contributed by atoms with van der Waals surface area (Å²) < 4.78 is 11.8. The third kappa shape index (κ3) is 6.67. The fourth-order valence-electron chi connectivity index (χ4n) is 3.29. The number of carbonyl (C=O) groups excluding carboxylic acids is 2. The zero-order valence-electron chi connectivity index (χ0n) is 19.4. The highest BCUT2D eigenvalue weighted by Crippen LogP contribution is 2.23. The van der Waals surface area contributed by atoms with Crippen molar-refractivity contribution in [2.75, 3.05) is 0 Å². The normalized spacial score (nSPS) is 11.6. The predicted octanol–water partition coefficient (Wildman–Crippen LogP) is 6.25. The van der Waals surface area contributed by atoms with Crippen molar-refractivity contribution in [3.05, 3.63) is 119 Å². The van der Waals surface area contributed by atoms with Crippen molar-refractivity contribution in [2.24, 2.45) is 5.10 Å². The third-order valence-corrected chi connectivity index (χ3v) is 5.91. The van der Waals surface area contributed by atoms with Crippen molar-refractivity contribution in [3.63, 3.8) is 0 Å². The van der Waals surface area contributed by atoms with E-state index in [1.54, 1.807) is 49.4 Å². The Bertz CT molecular complexity index is 1350. The Kier molecular flexibility index (Phi) is 8.26. The van der Waals surface area contributed by atoms with Crippen LogP contribution in [-0.2, 0) is 4.79 Å². The van der Waals surface area contributed by atoms with E-state index in [0.29, 0.717) is 21.5 Å². The summed E-state index contributed by atoms with van der Waals surface area (Å²) >= 11 is 3.34. The Hall–Kier alpha value is -4.23. The molecule has 1 amide bonds. The predicted molar refractivity (Wildman–Crippen MR) is 143 cm³/mol. The van der Waals surface area contributed by atoms with Gasteiger partial charge in [-0.1, -0.05) is 54.6 Å². The second kappa shape index (κ2) is 12.0. The summed E-state index contributed by atoms with van der Waals surface area (Å²) in [7, 11) is 0. The summed E-state index contributed by atoms with van der Waals surface area (Å²) in [6.07, 6.45) is 0.766. The molecule has 0 spiro atoms. The lowest BCUT2D eigenvalue weighted by Crippen LogP contribution is -2.33. The molecule has 4 aromatic rings. The minimum absolute atomic E-state index is 0.377. The second-order valence-corrected chi connectivity index (χ2v) is 8.68. The van der Waals surface area contributed by atoms with Gasteiger partial charge in [0.25, 0.3) is 5.91 Å². The Morgan fingerprint density at radius 3 is 2.11 bits per heavy atom. The second-order valence-electron chi connectivity index (χ2n) is 7.82. The fourth-order valence-corrected chi connectivity index (χ4v) is 3.73. The van der Waals surface area contributed by atoms with Gasteiger partial charge in [0.05, 0.1) is 11.8 Å². The lowest BCUT2D eigenvalue weighted by atomic mass is 10.1. The van der Waals surface area contributed by atoms with E-state index in [0.717, 1.165) is 16.7 Å². The zero-order valence-corrected chi connectivity index (χ0v) is 21.0. The number of amides is 1. The van der Waals surface area contributed by atoms with Crippen molar-refractivity contribution < 1.29 is 19.1 Å². The number of ether oxygens (including phenoxy) is 2. The lowest BCUT2D eigenvalue weighted by Gasteiger charge is -2.13. The van der Waals surface area contributed by atoms with E-state index < -0.39 is 12.1 Å². The van der Waals surface area contributed by atoms with Crippen LogP contribution in [0.3, 0.4) is 0 Å². The number of carbonyl (C=O) groups is 2. The van der Waals surface area contributed by atoms with Gasteiger partial charge in [0.15, 0.2) is 6.10 Å². The van der Waals surface area contributed by atoms with Crippen LogP contribution in [0.25, 0.3) is 11.1 Å². The molecular weight excluding hydrogens is 520 g/mol. The maximum absolute atomic E-state index is 12.4. The molecule has 0 fully saturated rings. The summed E-state index contributed by atoms with van der Waals surface area (Å²) in [5.74, 6) is 0.156. The van der Waals surface area contributed by atoms with E-state index in [9.17, 15) is 9.59 Å². The summed E-state index contributed by atoms with van der Waals surface area (Å²) in [5.41, 5.74) is 5.82. The standard InChI is InChI=1S/C29H23BrN2O4/c1-20(35-24-17-13-23(14-18-24)22-7-3-2-4-8-22)28(33)32-31-19-21-11-15-25(16-12-21)36-29(34)26-9-5-6-10-27(26)30/h2-20H,1H3,(H,32,33)/b31-19-/t20-/m1/s1. The molecule has 0 radical (unpaired) electrons. The Balaban J connectivity index is 1.26. The van der Waals surface area contributed by atoms with Crippen LogP contribution in [0.1, 0.15) is 22.8 Å². The van der Waals surface area contributed by atoms with Gasteiger partial charge in [0.1, 0.15) is 11.5 Å². The zero-order chi connectivity index (χ0) is 25.3. The van der Waals surface area contributed by atoms with Crippen LogP contribution >= 0.6 is 15.9 Å². The Morgan fingerprint density at radius 2 is 1.42 bits per heavy atom. The average Bonchev–Trinajstić information content (AvgIpc) is 2.90. The first kappa shape index (κ1) is 24.9. The number of halogens is 1. The molecule has 4 aromatic carbocycles. The van der Waals surface area contributed by atoms with Gasteiger partial charge in [-0.25, -0.2) is 10.2 Å². The highest BCUT2D eigenvalue weighted by molar-refractivity contribution is 9.10. The van der Waals surface area contributed by atoms with E-state index in [4.69, 9.17) is 9.47 Å². The van der Waals surface area contributed by atoms with Gasteiger partial charge in [-0.2, -0.15) is 5.10 Å². The summed E-state index contributed by atoms with van der Waals surface area (Å²) in [6, 6.07) is 31.4. The average molecular weight is 543 g/mol. The van der Waals surface area contributed by atoms with Gasteiger partial charge in [-0.15, -0.1) is 0 Å². The van der Waals surface area contributed by atoms with Gasteiger partial charge in [-0.3, -0.25) is 4.79 Å². The minimum Gasteiger partial charge on any atom is -0.481 e.